The molecule has 0 saturated carbocycles. The molecule has 0 radical (unpaired) electrons. The summed E-state index contributed by atoms with van der Waals surface area (Å²) in [6.45, 7) is 4.15. The van der Waals surface area contributed by atoms with Crippen molar-refractivity contribution in [3.63, 3.8) is 0 Å². The summed E-state index contributed by atoms with van der Waals surface area (Å²) in [7, 11) is 0. The molecular formula is C17H15NOS. The van der Waals surface area contributed by atoms with E-state index in [0.717, 1.165) is 28.3 Å². The average Bonchev–Trinajstić information content (AvgIpc) is 2.96. The molecule has 2 nitrogen and oxygen atoms in total. The van der Waals surface area contributed by atoms with Crippen LogP contribution in [-0.2, 0) is 0 Å². The predicted octanol–water partition coefficient (Wildman–Crippen LogP) is 5.22. The Morgan fingerprint density at radius 3 is 2.60 bits per heavy atom. The molecular weight excluding hydrogens is 266 g/mol. The van der Waals surface area contributed by atoms with Gasteiger partial charge in [0.2, 0.25) is 0 Å². The highest BCUT2D eigenvalue weighted by Gasteiger charge is 2.09. The third-order valence-electron chi connectivity index (χ3n) is 3.15. The largest absolute Gasteiger partial charge is 0.456 e. The van der Waals surface area contributed by atoms with Gasteiger partial charge in [-0.2, -0.15) is 0 Å². The highest BCUT2D eigenvalue weighted by molar-refractivity contribution is 7.07. The number of ether oxygens (including phenoxy) is 1. The van der Waals surface area contributed by atoms with E-state index >= 15 is 0 Å². The van der Waals surface area contributed by atoms with Crippen LogP contribution in [0.15, 0.2) is 53.4 Å². The van der Waals surface area contributed by atoms with Gasteiger partial charge >= 0.3 is 0 Å². The molecule has 0 bridgehead atoms. The zero-order chi connectivity index (χ0) is 13.9. The maximum absolute atomic E-state index is 6.08. The summed E-state index contributed by atoms with van der Waals surface area (Å²) in [6, 6.07) is 14.2. The predicted molar refractivity (Wildman–Crippen MR) is 83.5 cm³/mol. The minimum absolute atomic E-state index is 0.838. The maximum Gasteiger partial charge on any atom is 0.136 e. The molecule has 1 aromatic heterocycles. The van der Waals surface area contributed by atoms with Crippen LogP contribution in [0.25, 0.3) is 11.3 Å². The fraction of sp³-hybridized carbons (Fsp3) is 0.118. The first-order valence-electron chi connectivity index (χ1n) is 6.47. The van der Waals surface area contributed by atoms with E-state index in [-0.39, 0.29) is 0 Å². The summed E-state index contributed by atoms with van der Waals surface area (Å²) in [5.74, 6) is 1.73. The second-order valence-electron chi connectivity index (χ2n) is 4.74. The smallest absolute Gasteiger partial charge is 0.136 e. The molecule has 0 saturated heterocycles. The number of aromatic nitrogens is 1. The first-order valence-corrected chi connectivity index (χ1v) is 7.41. The quantitative estimate of drug-likeness (QED) is 0.656. The van der Waals surface area contributed by atoms with Gasteiger partial charge in [-0.3, -0.25) is 0 Å². The van der Waals surface area contributed by atoms with Crippen molar-refractivity contribution in [3.8, 4) is 22.8 Å². The van der Waals surface area contributed by atoms with E-state index in [0.29, 0.717) is 0 Å². The van der Waals surface area contributed by atoms with Gasteiger partial charge in [-0.25, -0.2) is 4.98 Å². The van der Waals surface area contributed by atoms with Gasteiger partial charge in [0, 0.05) is 10.9 Å². The minimum Gasteiger partial charge on any atom is -0.456 e. The van der Waals surface area contributed by atoms with Gasteiger partial charge in [0.05, 0.1) is 11.2 Å². The molecule has 3 rings (SSSR count). The van der Waals surface area contributed by atoms with Crippen LogP contribution in [0, 0.1) is 13.8 Å². The summed E-state index contributed by atoms with van der Waals surface area (Å²) in [4.78, 5) is 4.36. The molecule has 3 aromatic rings. The lowest BCUT2D eigenvalue weighted by Gasteiger charge is -2.12. The molecule has 0 unspecified atom stereocenters. The molecule has 1 heterocycles. The standard InChI is InChI=1S/C17H15NOS/c1-12-7-8-16(13(2)9-12)19-17-6-4-3-5-14(17)15-10-20-11-18-15/h3-11H,1-2H3. The van der Waals surface area contributed by atoms with Gasteiger partial charge in [0.15, 0.2) is 0 Å². The molecule has 0 spiro atoms. The van der Waals surface area contributed by atoms with E-state index in [2.05, 4.69) is 31.0 Å². The Morgan fingerprint density at radius 2 is 1.85 bits per heavy atom. The number of rotatable bonds is 3. The van der Waals surface area contributed by atoms with Crippen molar-refractivity contribution >= 4 is 11.3 Å². The third kappa shape index (κ3) is 2.58. The first-order chi connectivity index (χ1) is 9.74. The van der Waals surface area contributed by atoms with Crippen LogP contribution >= 0.6 is 11.3 Å². The van der Waals surface area contributed by atoms with Gasteiger partial charge in [-0.15, -0.1) is 11.3 Å². The number of para-hydroxylation sites is 1. The van der Waals surface area contributed by atoms with Crippen LogP contribution < -0.4 is 4.74 Å². The van der Waals surface area contributed by atoms with Crippen molar-refractivity contribution in [2.45, 2.75) is 13.8 Å². The van der Waals surface area contributed by atoms with Gasteiger partial charge < -0.3 is 4.74 Å². The Morgan fingerprint density at radius 1 is 1.00 bits per heavy atom. The van der Waals surface area contributed by atoms with E-state index in [1.54, 1.807) is 11.3 Å². The van der Waals surface area contributed by atoms with Crippen molar-refractivity contribution < 1.29 is 4.74 Å². The summed E-state index contributed by atoms with van der Waals surface area (Å²) < 4.78 is 6.08. The zero-order valence-corrected chi connectivity index (χ0v) is 12.3. The van der Waals surface area contributed by atoms with Crippen molar-refractivity contribution in [3.05, 3.63) is 64.5 Å². The van der Waals surface area contributed by atoms with Gasteiger partial charge in [0.25, 0.3) is 0 Å². The Balaban J connectivity index is 1.99. The number of aryl methyl sites for hydroxylation is 2. The summed E-state index contributed by atoms with van der Waals surface area (Å²) in [5, 5.41) is 2.03. The molecule has 0 aliphatic heterocycles. The number of thiazole rings is 1. The summed E-state index contributed by atoms with van der Waals surface area (Å²) >= 11 is 1.59. The van der Waals surface area contributed by atoms with Crippen molar-refractivity contribution in [1.82, 2.24) is 4.98 Å². The van der Waals surface area contributed by atoms with Crippen molar-refractivity contribution in [2.24, 2.45) is 0 Å². The molecule has 0 amide bonds. The van der Waals surface area contributed by atoms with Crippen molar-refractivity contribution in [1.29, 1.82) is 0 Å². The second-order valence-corrected chi connectivity index (χ2v) is 5.46. The van der Waals surface area contributed by atoms with Crippen molar-refractivity contribution in [2.75, 3.05) is 0 Å². The molecule has 0 aliphatic rings. The Labute approximate surface area is 122 Å². The van der Waals surface area contributed by atoms with Crippen LogP contribution in [0.2, 0.25) is 0 Å². The summed E-state index contributed by atoms with van der Waals surface area (Å²) in [6.07, 6.45) is 0. The molecule has 0 fully saturated rings. The van der Waals surface area contributed by atoms with E-state index < -0.39 is 0 Å². The van der Waals surface area contributed by atoms with Crippen LogP contribution in [-0.4, -0.2) is 4.98 Å². The second kappa shape index (κ2) is 5.47. The monoisotopic (exact) mass is 281 g/mol. The van der Waals surface area contributed by atoms with E-state index in [9.17, 15) is 0 Å². The van der Waals surface area contributed by atoms with E-state index in [1.165, 1.54) is 5.56 Å². The number of benzene rings is 2. The normalized spacial score (nSPS) is 10.5. The average molecular weight is 281 g/mol. The van der Waals surface area contributed by atoms with Gasteiger partial charge in [0.1, 0.15) is 11.5 Å². The van der Waals surface area contributed by atoms with Gasteiger partial charge in [-0.1, -0.05) is 29.8 Å². The topological polar surface area (TPSA) is 22.1 Å². The first kappa shape index (κ1) is 12.9. The van der Waals surface area contributed by atoms with Gasteiger partial charge in [-0.05, 0) is 37.6 Å². The molecule has 100 valence electrons. The number of nitrogens with zero attached hydrogens (tertiary/aromatic N) is 1. The lowest BCUT2D eigenvalue weighted by atomic mass is 10.1. The molecule has 0 aliphatic carbocycles. The highest BCUT2D eigenvalue weighted by Crippen LogP contribution is 2.34. The van der Waals surface area contributed by atoms with Crippen LogP contribution in [0.1, 0.15) is 11.1 Å². The number of hydrogen-bond donors (Lipinski definition) is 0. The SMILES string of the molecule is Cc1ccc(Oc2ccccc2-c2cscn2)c(C)c1. The molecule has 2 aromatic carbocycles. The minimum atomic E-state index is 0.838. The Hall–Kier alpha value is -2.13. The molecule has 0 N–H and O–H groups in total. The van der Waals surface area contributed by atoms with Crippen LogP contribution in [0.5, 0.6) is 11.5 Å². The molecule has 3 heteroatoms. The van der Waals surface area contributed by atoms with Crippen LogP contribution in [0.3, 0.4) is 0 Å². The third-order valence-corrected chi connectivity index (χ3v) is 3.73. The lowest BCUT2D eigenvalue weighted by molar-refractivity contribution is 0.480. The van der Waals surface area contributed by atoms with Crippen LogP contribution in [0.4, 0.5) is 0 Å². The van der Waals surface area contributed by atoms with E-state index in [1.807, 2.05) is 41.2 Å². The Bertz CT molecular complexity index is 720. The fourth-order valence-corrected chi connectivity index (χ4v) is 2.70. The molecule has 0 atom stereocenters. The highest BCUT2D eigenvalue weighted by atomic mass is 32.1. The lowest BCUT2D eigenvalue weighted by Crippen LogP contribution is -1.91. The molecule has 20 heavy (non-hydrogen) atoms. The fourth-order valence-electron chi connectivity index (χ4n) is 2.15. The van der Waals surface area contributed by atoms with E-state index in [4.69, 9.17) is 4.74 Å². The Kier molecular flexibility index (Phi) is 3.52. The zero-order valence-electron chi connectivity index (χ0n) is 11.5. The maximum atomic E-state index is 6.08. The summed E-state index contributed by atoms with van der Waals surface area (Å²) in [5.41, 5.74) is 6.19. The number of hydrogen-bond acceptors (Lipinski definition) is 3.